The second-order valence-electron chi connectivity index (χ2n) is 9.64. The van der Waals surface area contributed by atoms with Gasteiger partial charge in [-0.3, -0.25) is 9.36 Å². The molecule has 1 aliphatic heterocycles. The van der Waals surface area contributed by atoms with Crippen molar-refractivity contribution in [3.63, 3.8) is 0 Å². The molecule has 2 aromatic heterocycles. The Labute approximate surface area is 236 Å². The normalized spacial score (nSPS) is 17.8. The van der Waals surface area contributed by atoms with Gasteiger partial charge in [-0.25, -0.2) is 19.1 Å². The van der Waals surface area contributed by atoms with E-state index in [0.717, 1.165) is 9.25 Å². The largest absolute Gasteiger partial charge is 0.416 e. The number of para-hydroxylation sites is 1. The second-order valence-corrected chi connectivity index (χ2v) is 10.1. The quantitative estimate of drug-likeness (QED) is 0.330. The van der Waals surface area contributed by atoms with E-state index in [9.17, 15) is 27.9 Å². The fourth-order valence-electron chi connectivity index (χ4n) is 4.66. The SMILES string of the molecule is CC1C=CC(C)N1C(=O)c1ccccc1-n1cnc(Cn2nc(-c3ccc(Cl)cc3)n(C[C@H](O)C(F)(F)F)c2=O)n1. The number of alkyl halides is 3. The van der Waals surface area contributed by atoms with Crippen LogP contribution in [0.2, 0.25) is 5.02 Å². The topological polar surface area (TPSA) is 111 Å². The molecule has 0 saturated carbocycles. The molecule has 1 amide bonds. The molecule has 3 heterocycles. The van der Waals surface area contributed by atoms with Crippen molar-refractivity contribution in [2.75, 3.05) is 0 Å². The molecule has 10 nitrogen and oxygen atoms in total. The minimum absolute atomic E-state index is 0.0791. The van der Waals surface area contributed by atoms with Crippen LogP contribution in [0.1, 0.15) is 30.0 Å². The predicted molar refractivity (Wildman–Crippen MR) is 144 cm³/mol. The Morgan fingerprint density at radius 2 is 1.71 bits per heavy atom. The minimum atomic E-state index is -4.94. The summed E-state index contributed by atoms with van der Waals surface area (Å²) in [5, 5.41) is 18.7. The third-order valence-electron chi connectivity index (χ3n) is 6.75. The number of carbonyl (C=O) groups excluding carboxylic acids is 1. The molecule has 0 aliphatic carbocycles. The summed E-state index contributed by atoms with van der Waals surface area (Å²) >= 11 is 5.93. The van der Waals surface area contributed by atoms with Gasteiger partial charge in [-0.1, -0.05) is 35.9 Å². The van der Waals surface area contributed by atoms with Crippen LogP contribution >= 0.6 is 11.6 Å². The first kappa shape index (κ1) is 28.3. The van der Waals surface area contributed by atoms with Crippen molar-refractivity contribution in [1.82, 2.24) is 34.0 Å². The van der Waals surface area contributed by atoms with Crippen LogP contribution in [0, 0.1) is 0 Å². The van der Waals surface area contributed by atoms with Gasteiger partial charge in [-0.2, -0.15) is 13.2 Å². The van der Waals surface area contributed by atoms with Crippen LogP contribution in [0.15, 0.2) is 71.8 Å². The minimum Gasteiger partial charge on any atom is -0.382 e. The van der Waals surface area contributed by atoms with Crippen LogP contribution in [0.4, 0.5) is 13.2 Å². The molecule has 14 heteroatoms. The summed E-state index contributed by atoms with van der Waals surface area (Å²) in [6, 6.07) is 12.8. The molecule has 0 spiro atoms. The Bertz CT molecular complexity index is 1650. The van der Waals surface area contributed by atoms with Gasteiger partial charge in [0.25, 0.3) is 5.91 Å². The molecule has 2 aromatic carbocycles. The van der Waals surface area contributed by atoms with Crippen LogP contribution in [0.25, 0.3) is 17.1 Å². The van der Waals surface area contributed by atoms with Gasteiger partial charge in [-0.15, -0.1) is 10.2 Å². The Balaban J connectivity index is 1.47. The van der Waals surface area contributed by atoms with Crippen LogP contribution in [0.5, 0.6) is 0 Å². The maximum atomic E-state index is 13.4. The molecule has 5 rings (SSSR count). The Morgan fingerprint density at radius 3 is 2.37 bits per heavy atom. The molecule has 0 fully saturated rings. The summed E-state index contributed by atoms with van der Waals surface area (Å²) in [5.41, 5.74) is 0.301. The summed E-state index contributed by atoms with van der Waals surface area (Å²) in [6.45, 7) is 2.52. The molecular weight excluding hydrogens is 563 g/mol. The maximum Gasteiger partial charge on any atom is 0.416 e. The summed E-state index contributed by atoms with van der Waals surface area (Å²) in [5.74, 6) is -0.149. The zero-order chi connectivity index (χ0) is 29.5. The van der Waals surface area contributed by atoms with E-state index in [-0.39, 0.29) is 36.2 Å². The Hall–Kier alpha value is -4.23. The van der Waals surface area contributed by atoms with Gasteiger partial charge in [-0.05, 0) is 50.2 Å². The van der Waals surface area contributed by atoms with Crippen molar-refractivity contribution in [3.05, 3.63) is 93.9 Å². The maximum absolute atomic E-state index is 13.4. The molecule has 0 saturated heterocycles. The lowest BCUT2D eigenvalue weighted by Gasteiger charge is -2.27. The highest BCUT2D eigenvalue weighted by molar-refractivity contribution is 6.30. The van der Waals surface area contributed by atoms with Crippen molar-refractivity contribution < 1.29 is 23.1 Å². The first-order valence-electron chi connectivity index (χ1n) is 12.6. The number of hydrogen-bond acceptors (Lipinski definition) is 6. The third-order valence-corrected chi connectivity index (χ3v) is 7.00. The van der Waals surface area contributed by atoms with Crippen LogP contribution < -0.4 is 5.69 Å². The number of aromatic nitrogens is 6. The van der Waals surface area contributed by atoms with E-state index in [2.05, 4.69) is 15.2 Å². The fraction of sp³-hybridized carbons (Fsp3) is 0.296. The smallest absolute Gasteiger partial charge is 0.382 e. The van der Waals surface area contributed by atoms with E-state index in [1.54, 1.807) is 29.2 Å². The molecule has 214 valence electrons. The number of amides is 1. The predicted octanol–water partition coefficient (Wildman–Crippen LogP) is 3.71. The van der Waals surface area contributed by atoms with Crippen molar-refractivity contribution in [1.29, 1.82) is 0 Å². The van der Waals surface area contributed by atoms with Gasteiger partial charge in [0.1, 0.15) is 12.9 Å². The van der Waals surface area contributed by atoms with Crippen LogP contribution in [0.3, 0.4) is 0 Å². The molecule has 3 atom stereocenters. The van der Waals surface area contributed by atoms with Gasteiger partial charge in [0.05, 0.1) is 17.8 Å². The highest BCUT2D eigenvalue weighted by Gasteiger charge is 2.39. The van der Waals surface area contributed by atoms with Gasteiger partial charge >= 0.3 is 11.9 Å². The monoisotopic (exact) mass is 587 g/mol. The zero-order valence-corrected chi connectivity index (χ0v) is 22.7. The number of nitrogens with zero attached hydrogens (tertiary/aromatic N) is 7. The lowest BCUT2D eigenvalue weighted by Crippen LogP contribution is -2.39. The number of benzene rings is 2. The number of halogens is 4. The lowest BCUT2D eigenvalue weighted by molar-refractivity contribution is -0.207. The molecular formula is C27H25ClF3N7O3. The van der Waals surface area contributed by atoms with Crippen molar-refractivity contribution in [2.45, 2.75) is 51.3 Å². The average molecular weight is 588 g/mol. The Morgan fingerprint density at radius 1 is 1.05 bits per heavy atom. The first-order valence-corrected chi connectivity index (χ1v) is 13.0. The van der Waals surface area contributed by atoms with Crippen molar-refractivity contribution in [2.24, 2.45) is 0 Å². The second kappa shape index (κ2) is 11.0. The van der Waals surface area contributed by atoms with E-state index in [0.29, 0.717) is 21.8 Å². The van der Waals surface area contributed by atoms with Gasteiger partial charge in [0, 0.05) is 22.7 Å². The number of aliphatic hydroxyl groups is 1. The summed E-state index contributed by atoms with van der Waals surface area (Å²) in [7, 11) is 0. The van der Waals surface area contributed by atoms with E-state index >= 15 is 0 Å². The van der Waals surface area contributed by atoms with E-state index in [1.807, 2.05) is 26.0 Å². The summed E-state index contributed by atoms with van der Waals surface area (Å²) in [4.78, 5) is 32.6. The molecule has 0 bridgehead atoms. The van der Waals surface area contributed by atoms with Crippen molar-refractivity contribution >= 4 is 17.5 Å². The number of aliphatic hydroxyl groups excluding tert-OH is 1. The van der Waals surface area contributed by atoms with E-state index < -0.39 is 24.5 Å². The zero-order valence-electron chi connectivity index (χ0n) is 21.9. The molecule has 0 radical (unpaired) electrons. The molecule has 1 aliphatic rings. The first-order chi connectivity index (χ1) is 19.4. The van der Waals surface area contributed by atoms with Crippen molar-refractivity contribution in [3.8, 4) is 17.1 Å². The standard InChI is InChI=1S/C27H25ClF3N7O3/c1-16-7-8-17(2)38(16)25(40)20-5-3-4-6-21(20)37-15-32-23(33-37)14-36-26(41)35(13-22(39)27(29,30)31)24(34-36)18-9-11-19(28)12-10-18/h3-12,15-17,22,39H,13-14H2,1-2H3/t16?,17?,22-/m0/s1. The average Bonchev–Trinajstić information content (AvgIpc) is 3.62. The summed E-state index contributed by atoms with van der Waals surface area (Å²) < 4.78 is 42.5. The fourth-order valence-corrected chi connectivity index (χ4v) is 4.78. The van der Waals surface area contributed by atoms with E-state index in [4.69, 9.17) is 11.6 Å². The third kappa shape index (κ3) is 5.68. The highest BCUT2D eigenvalue weighted by atomic mass is 35.5. The summed E-state index contributed by atoms with van der Waals surface area (Å²) in [6.07, 6.45) is -2.42. The number of hydrogen-bond donors (Lipinski definition) is 1. The number of carbonyl (C=O) groups is 1. The highest BCUT2D eigenvalue weighted by Crippen LogP contribution is 2.25. The van der Waals surface area contributed by atoms with Gasteiger partial charge in [0.2, 0.25) is 0 Å². The van der Waals surface area contributed by atoms with E-state index in [1.165, 1.54) is 35.3 Å². The van der Waals surface area contributed by atoms with Crippen LogP contribution in [-0.4, -0.2) is 69.4 Å². The van der Waals surface area contributed by atoms with Gasteiger partial charge in [0.15, 0.2) is 17.8 Å². The lowest BCUT2D eigenvalue weighted by atomic mass is 10.1. The molecule has 41 heavy (non-hydrogen) atoms. The Kier molecular flexibility index (Phi) is 7.58. The van der Waals surface area contributed by atoms with Gasteiger partial charge < -0.3 is 10.0 Å². The molecule has 2 unspecified atom stereocenters. The van der Waals surface area contributed by atoms with Crippen LogP contribution in [-0.2, 0) is 13.1 Å². The molecule has 4 aromatic rings. The molecule has 1 N–H and O–H groups in total. The number of rotatable bonds is 7.